The Balaban J connectivity index is 2.23. The molecule has 0 aliphatic carbocycles. The molecule has 0 spiro atoms. The van der Waals surface area contributed by atoms with Gasteiger partial charge in [0.05, 0.1) is 11.7 Å². The molecule has 0 aliphatic rings. The van der Waals surface area contributed by atoms with Crippen LogP contribution in [-0.2, 0) is 11.8 Å². The SMILES string of the molecule is CC(=O)C(C)n1c(=O)c2c(nc3n(-c4cc(C)ccc4C)c(C)c(C)n23)n(C)c1=O. The van der Waals surface area contributed by atoms with Gasteiger partial charge in [-0.25, -0.2) is 9.36 Å². The number of hydrogen-bond acceptors (Lipinski definition) is 4. The van der Waals surface area contributed by atoms with Gasteiger partial charge in [0.15, 0.2) is 16.9 Å². The van der Waals surface area contributed by atoms with E-state index in [0.29, 0.717) is 16.9 Å². The fourth-order valence-corrected chi connectivity index (χ4v) is 3.99. The van der Waals surface area contributed by atoms with E-state index in [1.165, 1.54) is 11.5 Å². The Bertz CT molecular complexity index is 1480. The summed E-state index contributed by atoms with van der Waals surface area (Å²) in [5.41, 5.74) is 4.50. The zero-order valence-corrected chi connectivity index (χ0v) is 18.3. The zero-order valence-electron chi connectivity index (χ0n) is 18.3. The molecule has 0 saturated carbocycles. The normalized spacial score (nSPS) is 12.8. The van der Waals surface area contributed by atoms with Gasteiger partial charge in [0, 0.05) is 18.4 Å². The number of aromatic nitrogens is 5. The van der Waals surface area contributed by atoms with E-state index in [1.807, 2.05) is 32.3 Å². The predicted octanol–water partition coefficient (Wildman–Crippen LogP) is 2.52. The number of fused-ring (bicyclic) bond motifs is 3. The second kappa shape index (κ2) is 6.55. The Morgan fingerprint density at radius 1 is 1.07 bits per heavy atom. The first kappa shape index (κ1) is 19.9. The summed E-state index contributed by atoms with van der Waals surface area (Å²) in [6, 6.07) is 5.33. The minimum absolute atomic E-state index is 0.254. The maximum Gasteiger partial charge on any atom is 0.333 e. The van der Waals surface area contributed by atoms with E-state index in [1.54, 1.807) is 18.4 Å². The van der Waals surface area contributed by atoms with Crippen molar-refractivity contribution < 1.29 is 4.79 Å². The van der Waals surface area contributed by atoms with E-state index in [9.17, 15) is 14.4 Å². The number of Topliss-reactive ketones (excluding diaryl/α,β-unsaturated/α-hetero) is 1. The Morgan fingerprint density at radius 3 is 2.37 bits per heavy atom. The molecule has 1 atom stereocenters. The maximum atomic E-state index is 13.4. The fourth-order valence-electron chi connectivity index (χ4n) is 3.99. The third-order valence-corrected chi connectivity index (χ3v) is 6.05. The van der Waals surface area contributed by atoms with E-state index >= 15 is 0 Å². The van der Waals surface area contributed by atoms with Crippen molar-refractivity contribution in [3.8, 4) is 5.69 Å². The average molecular weight is 407 g/mol. The third-order valence-electron chi connectivity index (χ3n) is 6.05. The predicted molar refractivity (Wildman–Crippen MR) is 116 cm³/mol. The quantitative estimate of drug-likeness (QED) is 0.522. The Morgan fingerprint density at radius 2 is 1.73 bits per heavy atom. The number of carbonyl (C=O) groups is 1. The summed E-state index contributed by atoms with van der Waals surface area (Å²) in [5, 5.41) is 0. The smallest absolute Gasteiger partial charge is 0.298 e. The highest BCUT2D eigenvalue weighted by molar-refractivity contribution is 5.81. The molecule has 0 bridgehead atoms. The molecule has 0 aliphatic heterocycles. The molecule has 1 unspecified atom stereocenters. The van der Waals surface area contributed by atoms with Crippen LogP contribution in [-0.4, -0.2) is 28.9 Å². The Hall–Kier alpha value is -3.42. The number of carbonyl (C=O) groups excluding carboxylic acids is 1. The van der Waals surface area contributed by atoms with Crippen molar-refractivity contribution in [2.75, 3.05) is 0 Å². The zero-order chi connectivity index (χ0) is 22.1. The molecular formula is C22H25N5O3. The number of benzene rings is 1. The van der Waals surface area contributed by atoms with Gasteiger partial charge < -0.3 is 0 Å². The van der Waals surface area contributed by atoms with Crippen molar-refractivity contribution in [2.24, 2.45) is 7.05 Å². The summed E-state index contributed by atoms with van der Waals surface area (Å²) in [6.07, 6.45) is 0. The number of rotatable bonds is 3. The first-order valence-electron chi connectivity index (χ1n) is 9.86. The third kappa shape index (κ3) is 2.52. The van der Waals surface area contributed by atoms with Gasteiger partial charge in [-0.1, -0.05) is 12.1 Å². The minimum atomic E-state index is -0.853. The summed E-state index contributed by atoms with van der Waals surface area (Å²) in [5.74, 6) is 0.309. The van der Waals surface area contributed by atoms with Crippen LogP contribution in [0.25, 0.3) is 22.6 Å². The lowest BCUT2D eigenvalue weighted by Gasteiger charge is -2.13. The van der Waals surface area contributed by atoms with E-state index < -0.39 is 17.3 Å². The second-order valence-corrected chi connectivity index (χ2v) is 8.02. The molecule has 4 aromatic rings. The molecule has 30 heavy (non-hydrogen) atoms. The van der Waals surface area contributed by atoms with Gasteiger partial charge in [-0.2, -0.15) is 4.98 Å². The van der Waals surface area contributed by atoms with Crippen molar-refractivity contribution in [1.29, 1.82) is 0 Å². The highest BCUT2D eigenvalue weighted by Crippen LogP contribution is 2.27. The molecule has 0 amide bonds. The van der Waals surface area contributed by atoms with Crippen LogP contribution in [0.2, 0.25) is 0 Å². The minimum Gasteiger partial charge on any atom is -0.298 e. The number of aryl methyl sites for hydroxylation is 4. The second-order valence-electron chi connectivity index (χ2n) is 8.02. The van der Waals surface area contributed by atoms with Gasteiger partial charge in [-0.05, 0) is 58.7 Å². The van der Waals surface area contributed by atoms with Gasteiger partial charge in [0.25, 0.3) is 5.56 Å². The summed E-state index contributed by atoms with van der Waals surface area (Å²) < 4.78 is 6.16. The molecule has 4 rings (SSSR count). The van der Waals surface area contributed by atoms with Gasteiger partial charge in [-0.3, -0.25) is 23.1 Å². The molecule has 1 aromatic carbocycles. The lowest BCUT2D eigenvalue weighted by molar-refractivity contribution is -0.119. The molecular weight excluding hydrogens is 382 g/mol. The Kier molecular flexibility index (Phi) is 4.34. The summed E-state index contributed by atoms with van der Waals surface area (Å²) in [7, 11) is 1.57. The summed E-state index contributed by atoms with van der Waals surface area (Å²) >= 11 is 0. The molecule has 3 heterocycles. The standard InChI is InChI=1S/C22H25N5O3/c1-11-8-9-12(2)17(10-11)25-13(3)14(4)26-18-19(23-21(25)26)24(7)22(30)27(20(18)29)15(5)16(6)28/h8-10,15H,1-7H3. The van der Waals surface area contributed by atoms with Crippen molar-refractivity contribution >= 4 is 22.7 Å². The average Bonchev–Trinajstić information content (AvgIpc) is 3.18. The van der Waals surface area contributed by atoms with Gasteiger partial charge >= 0.3 is 5.69 Å². The topological polar surface area (TPSA) is 83.3 Å². The van der Waals surface area contributed by atoms with Gasteiger partial charge in [0.1, 0.15) is 0 Å². The van der Waals surface area contributed by atoms with E-state index in [2.05, 4.69) is 18.2 Å². The maximum absolute atomic E-state index is 13.4. The van der Waals surface area contributed by atoms with Gasteiger partial charge in [0.2, 0.25) is 5.78 Å². The molecule has 0 radical (unpaired) electrons. The van der Waals surface area contributed by atoms with Crippen LogP contribution in [0.1, 0.15) is 42.4 Å². The monoisotopic (exact) mass is 407 g/mol. The summed E-state index contributed by atoms with van der Waals surface area (Å²) in [6.45, 7) is 10.9. The highest BCUT2D eigenvalue weighted by atomic mass is 16.2. The highest BCUT2D eigenvalue weighted by Gasteiger charge is 2.26. The first-order chi connectivity index (χ1) is 14.1. The van der Waals surface area contributed by atoms with Crippen LogP contribution in [0.4, 0.5) is 0 Å². The van der Waals surface area contributed by atoms with Crippen LogP contribution in [0.3, 0.4) is 0 Å². The molecule has 156 valence electrons. The lowest BCUT2D eigenvalue weighted by atomic mass is 10.1. The van der Waals surface area contributed by atoms with E-state index in [4.69, 9.17) is 4.98 Å². The fraction of sp³-hybridized carbons (Fsp3) is 0.364. The van der Waals surface area contributed by atoms with Crippen LogP contribution < -0.4 is 11.2 Å². The summed E-state index contributed by atoms with van der Waals surface area (Å²) in [4.78, 5) is 42.9. The largest absolute Gasteiger partial charge is 0.333 e. The van der Waals surface area contributed by atoms with Crippen LogP contribution in [0, 0.1) is 27.7 Å². The molecule has 3 aromatic heterocycles. The number of nitrogens with zero attached hydrogens (tertiary/aromatic N) is 5. The van der Waals surface area contributed by atoms with Crippen molar-refractivity contribution in [3.63, 3.8) is 0 Å². The molecule has 8 heteroatoms. The Labute approximate surface area is 173 Å². The van der Waals surface area contributed by atoms with Crippen LogP contribution >= 0.6 is 0 Å². The molecule has 0 fully saturated rings. The number of imidazole rings is 2. The van der Waals surface area contributed by atoms with Gasteiger partial charge in [-0.15, -0.1) is 0 Å². The number of hydrogen-bond donors (Lipinski definition) is 0. The van der Waals surface area contributed by atoms with Crippen molar-refractivity contribution in [2.45, 2.75) is 47.6 Å². The van der Waals surface area contributed by atoms with E-state index in [-0.39, 0.29) is 5.78 Å². The van der Waals surface area contributed by atoms with Crippen LogP contribution in [0.15, 0.2) is 27.8 Å². The molecule has 0 N–H and O–H groups in total. The number of ketones is 1. The molecule has 0 saturated heterocycles. The first-order valence-corrected chi connectivity index (χ1v) is 9.86. The lowest BCUT2D eigenvalue weighted by Crippen LogP contribution is -2.42. The van der Waals surface area contributed by atoms with E-state index in [0.717, 1.165) is 32.8 Å². The van der Waals surface area contributed by atoms with Crippen molar-refractivity contribution in [3.05, 3.63) is 61.6 Å². The van der Waals surface area contributed by atoms with Crippen molar-refractivity contribution in [1.82, 2.24) is 23.1 Å². The van der Waals surface area contributed by atoms with Crippen LogP contribution in [0.5, 0.6) is 0 Å². The molecule has 8 nitrogen and oxygen atoms in total.